The van der Waals surface area contributed by atoms with Gasteiger partial charge in [-0.15, -0.1) is 0 Å². The second kappa shape index (κ2) is 3.69. The van der Waals surface area contributed by atoms with Crippen LogP contribution in [0.25, 0.3) is 10.8 Å². The molecule has 1 N–H and O–H groups in total. The van der Waals surface area contributed by atoms with Crippen LogP contribution in [0, 0.1) is 5.82 Å². The summed E-state index contributed by atoms with van der Waals surface area (Å²) >= 11 is 5.69. The standard InChI is InChI=1S/C10H6ClFO3S/c11-10-7(12)5-4-6-2-1-3-8(9(6)10)16(13,14)15/h1-5H,(H,13,14,15). The topological polar surface area (TPSA) is 54.4 Å². The molecule has 0 saturated carbocycles. The Morgan fingerprint density at radius 3 is 2.50 bits per heavy atom. The summed E-state index contributed by atoms with van der Waals surface area (Å²) in [5, 5.41) is 0.124. The number of hydrogen-bond donors (Lipinski definition) is 1. The molecule has 0 aliphatic rings. The van der Waals surface area contributed by atoms with Crippen molar-refractivity contribution >= 4 is 32.5 Å². The van der Waals surface area contributed by atoms with Crippen LogP contribution in [0.2, 0.25) is 5.02 Å². The molecule has 16 heavy (non-hydrogen) atoms. The molecule has 0 atom stereocenters. The Hall–Kier alpha value is -1.17. The van der Waals surface area contributed by atoms with Crippen LogP contribution in [0.15, 0.2) is 35.2 Å². The van der Waals surface area contributed by atoms with E-state index >= 15 is 0 Å². The molecule has 0 aromatic heterocycles. The van der Waals surface area contributed by atoms with Gasteiger partial charge in [0.15, 0.2) is 0 Å². The summed E-state index contributed by atoms with van der Waals surface area (Å²) in [6.07, 6.45) is 0. The fourth-order valence-corrected chi connectivity index (χ4v) is 2.55. The Morgan fingerprint density at radius 2 is 1.88 bits per heavy atom. The van der Waals surface area contributed by atoms with Gasteiger partial charge in [-0.2, -0.15) is 8.42 Å². The van der Waals surface area contributed by atoms with E-state index in [4.69, 9.17) is 16.2 Å². The molecule has 2 aromatic carbocycles. The van der Waals surface area contributed by atoms with Crippen molar-refractivity contribution < 1.29 is 17.4 Å². The van der Waals surface area contributed by atoms with Crippen LogP contribution < -0.4 is 0 Å². The molecule has 2 aromatic rings. The summed E-state index contributed by atoms with van der Waals surface area (Å²) in [7, 11) is -4.42. The van der Waals surface area contributed by atoms with Crippen molar-refractivity contribution in [2.75, 3.05) is 0 Å². The number of hydrogen-bond acceptors (Lipinski definition) is 2. The maximum absolute atomic E-state index is 13.2. The van der Waals surface area contributed by atoms with Gasteiger partial charge in [-0.3, -0.25) is 4.55 Å². The zero-order valence-electron chi connectivity index (χ0n) is 7.81. The molecule has 0 bridgehead atoms. The molecule has 0 radical (unpaired) electrons. The first-order chi connectivity index (χ1) is 7.41. The lowest BCUT2D eigenvalue weighted by Crippen LogP contribution is -1.99. The van der Waals surface area contributed by atoms with Crippen molar-refractivity contribution in [2.24, 2.45) is 0 Å². The second-order valence-corrected chi connectivity index (χ2v) is 4.96. The van der Waals surface area contributed by atoms with Crippen LogP contribution in [0.5, 0.6) is 0 Å². The lowest BCUT2D eigenvalue weighted by Gasteiger charge is -2.06. The van der Waals surface area contributed by atoms with E-state index in [9.17, 15) is 12.8 Å². The van der Waals surface area contributed by atoms with Crippen LogP contribution in [0.3, 0.4) is 0 Å². The van der Waals surface area contributed by atoms with Gasteiger partial charge in [0.2, 0.25) is 0 Å². The first-order valence-corrected chi connectivity index (χ1v) is 6.07. The summed E-state index contributed by atoms with van der Waals surface area (Å²) in [5.41, 5.74) is 0. The molecule has 84 valence electrons. The minimum Gasteiger partial charge on any atom is -0.282 e. The van der Waals surface area contributed by atoms with Crippen molar-refractivity contribution in [3.8, 4) is 0 Å². The van der Waals surface area contributed by atoms with Crippen LogP contribution in [0.1, 0.15) is 0 Å². The molecular weight excluding hydrogens is 255 g/mol. The molecular formula is C10H6ClFO3S. The minimum atomic E-state index is -4.42. The van der Waals surface area contributed by atoms with Crippen molar-refractivity contribution in [3.63, 3.8) is 0 Å². The summed E-state index contributed by atoms with van der Waals surface area (Å²) in [5.74, 6) is -0.731. The molecule has 0 aliphatic carbocycles. The molecule has 2 rings (SSSR count). The van der Waals surface area contributed by atoms with Crippen LogP contribution in [-0.2, 0) is 10.1 Å². The summed E-state index contributed by atoms with van der Waals surface area (Å²) < 4.78 is 44.4. The summed E-state index contributed by atoms with van der Waals surface area (Å²) in [6, 6.07) is 6.72. The van der Waals surface area contributed by atoms with Crippen molar-refractivity contribution in [2.45, 2.75) is 4.90 Å². The maximum atomic E-state index is 13.2. The van der Waals surface area contributed by atoms with E-state index in [1.54, 1.807) is 6.07 Å². The van der Waals surface area contributed by atoms with E-state index in [1.807, 2.05) is 0 Å². The number of benzene rings is 2. The van der Waals surface area contributed by atoms with Crippen LogP contribution in [0.4, 0.5) is 4.39 Å². The van der Waals surface area contributed by atoms with Gasteiger partial charge < -0.3 is 0 Å². The van der Waals surface area contributed by atoms with Crippen LogP contribution in [-0.4, -0.2) is 13.0 Å². The smallest absolute Gasteiger partial charge is 0.282 e. The Morgan fingerprint density at radius 1 is 1.19 bits per heavy atom. The van der Waals surface area contributed by atoms with Crippen molar-refractivity contribution in [3.05, 3.63) is 41.2 Å². The largest absolute Gasteiger partial charge is 0.295 e. The maximum Gasteiger partial charge on any atom is 0.295 e. The lowest BCUT2D eigenvalue weighted by atomic mass is 10.1. The number of rotatable bonds is 1. The van der Waals surface area contributed by atoms with Gasteiger partial charge in [0.05, 0.1) is 5.02 Å². The molecule has 0 saturated heterocycles. The van der Waals surface area contributed by atoms with Gasteiger partial charge in [-0.25, -0.2) is 4.39 Å². The van der Waals surface area contributed by atoms with Crippen LogP contribution >= 0.6 is 11.6 Å². The predicted octanol–water partition coefficient (Wildman–Crippen LogP) is 2.88. The van der Waals surface area contributed by atoms with Crippen molar-refractivity contribution in [1.29, 1.82) is 0 Å². The number of halogens is 2. The van der Waals surface area contributed by atoms with E-state index in [0.29, 0.717) is 5.39 Å². The molecule has 0 spiro atoms. The van der Waals surface area contributed by atoms with Gasteiger partial charge in [0.1, 0.15) is 10.7 Å². The molecule has 0 fully saturated rings. The van der Waals surface area contributed by atoms with Gasteiger partial charge in [-0.1, -0.05) is 29.8 Å². The number of fused-ring (bicyclic) bond motifs is 1. The quantitative estimate of drug-likeness (QED) is 0.802. The van der Waals surface area contributed by atoms with Gasteiger partial charge in [-0.05, 0) is 17.5 Å². The molecule has 6 heteroatoms. The first kappa shape index (κ1) is 11.3. The van der Waals surface area contributed by atoms with E-state index < -0.39 is 20.8 Å². The highest BCUT2D eigenvalue weighted by atomic mass is 35.5. The highest BCUT2D eigenvalue weighted by molar-refractivity contribution is 7.86. The Kier molecular flexibility index (Phi) is 2.61. The average Bonchev–Trinajstić information content (AvgIpc) is 2.21. The SMILES string of the molecule is O=S(=O)(O)c1cccc2ccc(F)c(Cl)c12. The molecule has 3 nitrogen and oxygen atoms in total. The molecule has 0 unspecified atom stereocenters. The predicted molar refractivity (Wildman–Crippen MR) is 58.7 cm³/mol. The van der Waals surface area contributed by atoms with E-state index in [1.165, 1.54) is 18.2 Å². The van der Waals surface area contributed by atoms with Gasteiger partial charge in [0.25, 0.3) is 10.1 Å². The third kappa shape index (κ3) is 1.77. The highest BCUT2D eigenvalue weighted by Crippen LogP contribution is 2.31. The highest BCUT2D eigenvalue weighted by Gasteiger charge is 2.17. The zero-order chi connectivity index (χ0) is 11.9. The van der Waals surface area contributed by atoms with Gasteiger partial charge in [0, 0.05) is 5.39 Å². The molecule has 0 aliphatic heterocycles. The van der Waals surface area contributed by atoms with Crippen molar-refractivity contribution in [1.82, 2.24) is 0 Å². The Labute approximate surface area is 96.2 Å². The Bertz CT molecular complexity index is 667. The van der Waals surface area contributed by atoms with E-state index in [2.05, 4.69) is 0 Å². The summed E-state index contributed by atoms with van der Waals surface area (Å²) in [4.78, 5) is -0.394. The summed E-state index contributed by atoms with van der Waals surface area (Å²) in [6.45, 7) is 0. The Balaban J connectivity index is 3.02. The van der Waals surface area contributed by atoms with E-state index in [-0.39, 0.29) is 10.4 Å². The monoisotopic (exact) mass is 260 g/mol. The first-order valence-electron chi connectivity index (χ1n) is 4.25. The fraction of sp³-hybridized carbons (Fsp3) is 0. The third-order valence-electron chi connectivity index (χ3n) is 2.17. The van der Waals surface area contributed by atoms with Gasteiger partial charge >= 0.3 is 0 Å². The fourth-order valence-electron chi connectivity index (χ4n) is 1.49. The third-order valence-corrected chi connectivity index (χ3v) is 3.44. The lowest BCUT2D eigenvalue weighted by molar-refractivity contribution is 0.484. The average molecular weight is 261 g/mol. The normalized spacial score (nSPS) is 11.9. The minimum absolute atomic E-state index is 0.00772. The molecule has 0 heterocycles. The van der Waals surface area contributed by atoms with E-state index in [0.717, 1.165) is 6.07 Å². The zero-order valence-corrected chi connectivity index (χ0v) is 9.39. The second-order valence-electron chi connectivity index (χ2n) is 3.19. The molecule has 0 amide bonds.